The molecule has 8 heterocycles. The quantitative estimate of drug-likeness (QED) is 0.172. The van der Waals surface area contributed by atoms with E-state index >= 15 is 0 Å². The summed E-state index contributed by atoms with van der Waals surface area (Å²) in [5.74, 6) is -0.168. The van der Waals surface area contributed by atoms with Crippen molar-refractivity contribution in [2.45, 2.75) is 90.6 Å². The number of hydrogen-bond donors (Lipinski definition) is 2. The van der Waals surface area contributed by atoms with Crippen molar-refractivity contribution >= 4 is 71.5 Å². The first kappa shape index (κ1) is 37.8. The van der Waals surface area contributed by atoms with E-state index in [-0.39, 0.29) is 5.91 Å². The fourth-order valence-corrected chi connectivity index (χ4v) is 10.7. The topological polar surface area (TPSA) is 165 Å². The zero-order valence-electron chi connectivity index (χ0n) is 35.6. The van der Waals surface area contributed by atoms with Crippen LogP contribution >= 0.6 is 0 Å². The molecule has 6 aromatic heterocycles. The third-order valence-corrected chi connectivity index (χ3v) is 13.7. The molecule has 1 amide bonds. The van der Waals surface area contributed by atoms with Gasteiger partial charge in [0.25, 0.3) is 5.91 Å². The highest BCUT2D eigenvalue weighted by Gasteiger charge is 2.25. The molecule has 0 saturated carbocycles. The van der Waals surface area contributed by atoms with Crippen LogP contribution in [0.1, 0.15) is 92.9 Å². The normalized spacial score (nSPS) is 18.3. The molecule has 0 spiro atoms. The number of amides is 1. The predicted molar refractivity (Wildman–Crippen MR) is 247 cm³/mol. The van der Waals surface area contributed by atoms with E-state index in [9.17, 15) is 4.79 Å². The molecule has 64 heavy (non-hydrogen) atoms. The Balaban J connectivity index is 1.05. The number of hydrogen-bond acceptors (Lipinski definition) is 12. The van der Waals surface area contributed by atoms with Gasteiger partial charge in [-0.3, -0.25) is 24.6 Å². The maximum absolute atomic E-state index is 13.7. The van der Waals surface area contributed by atoms with Crippen molar-refractivity contribution in [2.75, 3.05) is 13.1 Å². The highest BCUT2D eigenvalue weighted by molar-refractivity contribution is 6.22. The SMILES string of the molecule is NCCNC(=O)c1cc2nc(c1)CN1Cc3ccc4c(n3)c3cc(ccc3c3nc5c(nc43)CCCC5)CN(C2)Cc2ccc3c(n2)c2nc(ccc2c2nc4c(nc32)CCCC4)C1. The molecule has 2 atom stereocenters. The number of rotatable bonds is 3. The molecule has 316 valence electrons. The van der Waals surface area contributed by atoms with Gasteiger partial charge in [-0.2, -0.15) is 0 Å². The summed E-state index contributed by atoms with van der Waals surface area (Å²) >= 11 is 0. The Morgan fingerprint density at radius 2 is 0.875 bits per heavy atom. The monoisotopic (exact) mass is 842 g/mol. The van der Waals surface area contributed by atoms with Crippen LogP contribution in [0.25, 0.3) is 65.5 Å². The number of nitrogens with one attached hydrogen (secondary N) is 1. The molecule has 12 bridgehead atoms. The summed E-state index contributed by atoms with van der Waals surface area (Å²) in [6.45, 7) is 3.80. The lowest BCUT2D eigenvalue weighted by molar-refractivity contribution is 0.0954. The summed E-state index contributed by atoms with van der Waals surface area (Å²) in [7, 11) is 0. The molecular formula is C51H46N12O. The van der Waals surface area contributed by atoms with Gasteiger partial charge in [0.1, 0.15) is 0 Å². The third kappa shape index (κ3) is 6.43. The zero-order valence-corrected chi connectivity index (χ0v) is 35.6. The predicted octanol–water partition coefficient (Wildman–Crippen LogP) is 7.24. The van der Waals surface area contributed by atoms with Crippen LogP contribution in [0.3, 0.4) is 0 Å². The number of carbonyl (C=O) groups is 1. The second-order valence-electron chi connectivity index (χ2n) is 18.2. The maximum Gasteiger partial charge on any atom is 0.251 e. The van der Waals surface area contributed by atoms with Crippen molar-refractivity contribution in [3.63, 3.8) is 0 Å². The minimum atomic E-state index is -0.168. The lowest BCUT2D eigenvalue weighted by atomic mass is 9.97. The van der Waals surface area contributed by atoms with Gasteiger partial charge in [0.2, 0.25) is 0 Å². The van der Waals surface area contributed by atoms with Crippen molar-refractivity contribution in [3.05, 3.63) is 129 Å². The summed E-state index contributed by atoms with van der Waals surface area (Å²) < 4.78 is 0. The molecule has 2 aliphatic heterocycles. The standard InChI is InChI=1S/C51H46N12O/c52-17-18-53-51(64)29-20-33-26-62-22-28-9-13-35-39(19-28)44-36(48-45(35)58-40-5-1-2-6-41(40)59-48)14-10-30(55-44)24-63(27-34(21-29)54-33)25-32-12-16-38-47(57-32)46-37(15-11-31(23-62)56-46)49-50(38)61-43-8-4-3-7-42(43)60-49/h9-16,19-21H,1-8,17-18,22-27,52H2,(H,53,64). The lowest BCUT2D eigenvalue weighted by Crippen LogP contribution is -2.30. The van der Waals surface area contributed by atoms with Gasteiger partial charge in [-0.25, -0.2) is 29.9 Å². The van der Waals surface area contributed by atoms with Crippen molar-refractivity contribution in [2.24, 2.45) is 5.73 Å². The molecule has 2 aliphatic carbocycles. The van der Waals surface area contributed by atoms with Crippen molar-refractivity contribution in [1.29, 1.82) is 0 Å². The molecule has 13 heteroatoms. The highest BCUT2D eigenvalue weighted by atomic mass is 16.1. The van der Waals surface area contributed by atoms with Crippen LogP contribution in [0.4, 0.5) is 0 Å². The van der Waals surface area contributed by atoms with Crippen LogP contribution < -0.4 is 11.1 Å². The Kier molecular flexibility index (Phi) is 8.85. The number of aromatic nitrogens is 8. The molecule has 3 N–H and O–H groups in total. The van der Waals surface area contributed by atoms with Gasteiger partial charge in [0.05, 0.1) is 89.9 Å². The number of nitrogens with two attached hydrogens (primary N) is 1. The summed E-state index contributed by atoms with van der Waals surface area (Å²) in [5.41, 5.74) is 22.5. The van der Waals surface area contributed by atoms with Crippen LogP contribution in [0.5, 0.6) is 0 Å². The highest BCUT2D eigenvalue weighted by Crippen LogP contribution is 2.37. The Labute approximate surface area is 368 Å². The van der Waals surface area contributed by atoms with E-state index in [0.29, 0.717) is 57.9 Å². The minimum Gasteiger partial charge on any atom is -0.351 e. The average Bonchev–Trinajstić information content (AvgIpc) is 3.32. The first-order valence-electron chi connectivity index (χ1n) is 22.9. The number of aryl methyl sites for hydroxylation is 4. The van der Waals surface area contributed by atoms with Gasteiger partial charge in [-0.1, -0.05) is 12.1 Å². The Bertz CT molecular complexity index is 3060. The summed E-state index contributed by atoms with van der Waals surface area (Å²) in [5, 5.41) is 8.09. The molecule has 13 rings (SSSR count). The van der Waals surface area contributed by atoms with E-state index in [4.69, 9.17) is 45.6 Å². The van der Waals surface area contributed by atoms with E-state index in [1.54, 1.807) is 0 Å². The van der Waals surface area contributed by atoms with E-state index in [1.807, 2.05) is 12.1 Å². The molecular weight excluding hydrogens is 797 g/mol. The molecule has 0 radical (unpaired) electrons. The Morgan fingerprint density at radius 1 is 0.453 bits per heavy atom. The first-order chi connectivity index (χ1) is 31.5. The molecule has 4 aliphatic rings. The average molecular weight is 843 g/mol. The van der Waals surface area contributed by atoms with Crippen molar-refractivity contribution in [1.82, 2.24) is 55.0 Å². The smallest absolute Gasteiger partial charge is 0.251 e. The second-order valence-corrected chi connectivity index (χ2v) is 18.2. The summed E-state index contributed by atoms with van der Waals surface area (Å²) in [6, 6.07) is 23.5. The lowest BCUT2D eigenvalue weighted by Gasteiger charge is -2.24. The van der Waals surface area contributed by atoms with Gasteiger partial charge in [0.15, 0.2) is 0 Å². The van der Waals surface area contributed by atoms with Crippen LogP contribution in [-0.2, 0) is 65.0 Å². The number of benzene rings is 3. The van der Waals surface area contributed by atoms with Crippen LogP contribution in [0.2, 0.25) is 0 Å². The van der Waals surface area contributed by atoms with E-state index in [0.717, 1.165) is 174 Å². The number of pyridine rings is 4. The minimum absolute atomic E-state index is 0.168. The van der Waals surface area contributed by atoms with Gasteiger partial charge in [-0.05, 0) is 112 Å². The molecule has 2 unspecified atom stereocenters. The Hall–Kier alpha value is -6.67. The van der Waals surface area contributed by atoms with E-state index in [2.05, 4.69) is 69.7 Å². The molecule has 13 nitrogen and oxygen atoms in total. The first-order valence-corrected chi connectivity index (χ1v) is 22.9. The van der Waals surface area contributed by atoms with Gasteiger partial charge in [0, 0.05) is 84.9 Å². The molecule has 0 saturated heterocycles. The number of nitrogens with zero attached hydrogens (tertiary/aromatic N) is 10. The largest absolute Gasteiger partial charge is 0.351 e. The van der Waals surface area contributed by atoms with E-state index in [1.165, 1.54) is 0 Å². The fourth-order valence-electron chi connectivity index (χ4n) is 10.7. The van der Waals surface area contributed by atoms with Gasteiger partial charge >= 0.3 is 0 Å². The Morgan fingerprint density at radius 3 is 1.39 bits per heavy atom. The van der Waals surface area contributed by atoms with Gasteiger partial charge < -0.3 is 11.1 Å². The van der Waals surface area contributed by atoms with Crippen LogP contribution in [-0.4, -0.2) is 68.7 Å². The molecule has 0 fully saturated rings. The molecule has 9 aromatic rings. The van der Waals surface area contributed by atoms with Gasteiger partial charge in [-0.15, -0.1) is 0 Å². The zero-order chi connectivity index (χ0) is 42.5. The van der Waals surface area contributed by atoms with E-state index < -0.39 is 0 Å². The van der Waals surface area contributed by atoms with Crippen LogP contribution in [0, 0.1) is 0 Å². The van der Waals surface area contributed by atoms with Crippen LogP contribution in [0.15, 0.2) is 66.7 Å². The number of carbonyl (C=O) groups excluding carboxylic acids is 1. The fraction of sp³-hybridized carbons (Fsp3) is 0.314. The number of fused-ring (bicyclic) bond motifs is 14. The van der Waals surface area contributed by atoms with Crippen molar-refractivity contribution in [3.8, 4) is 0 Å². The second kappa shape index (κ2) is 15.0. The maximum atomic E-state index is 13.7. The summed E-state index contributed by atoms with van der Waals surface area (Å²) in [4.78, 5) is 61.4. The summed E-state index contributed by atoms with van der Waals surface area (Å²) in [6.07, 6.45) is 8.33. The third-order valence-electron chi connectivity index (χ3n) is 13.7. The molecule has 3 aromatic carbocycles. The van der Waals surface area contributed by atoms with Crippen molar-refractivity contribution < 1.29 is 4.79 Å².